The van der Waals surface area contributed by atoms with Gasteiger partial charge in [0.1, 0.15) is 0 Å². The number of likely N-dealkylation sites (tertiary alicyclic amines) is 1. The first-order valence-electron chi connectivity index (χ1n) is 19.1. The minimum absolute atomic E-state index is 0. The molecule has 0 saturated carbocycles. The van der Waals surface area contributed by atoms with Crippen molar-refractivity contribution < 1.29 is 29.8 Å². The van der Waals surface area contributed by atoms with Gasteiger partial charge in [-0.15, -0.1) is 25.0 Å². The molecule has 6 aromatic carbocycles. The predicted octanol–water partition coefficient (Wildman–Crippen LogP) is 9.16. The Morgan fingerprint density at radius 2 is 0.700 bits per heavy atom. The lowest BCUT2D eigenvalue weighted by Crippen LogP contribution is -2.10. The molecule has 2 heterocycles. The number of nitrogens with one attached hydrogen (secondary N) is 1. The zero-order valence-electron chi connectivity index (χ0n) is 33.8. The van der Waals surface area contributed by atoms with Gasteiger partial charge >= 0.3 is 10.6 Å². The van der Waals surface area contributed by atoms with Crippen LogP contribution in [0.3, 0.4) is 0 Å². The van der Waals surface area contributed by atoms with Crippen LogP contribution in [0.2, 0.25) is 0 Å². The van der Waals surface area contributed by atoms with Gasteiger partial charge in [-0.25, -0.2) is 8.42 Å². The van der Waals surface area contributed by atoms with Crippen LogP contribution in [-0.4, -0.2) is 70.8 Å². The monoisotopic (exact) mass is 909 g/mol. The van der Waals surface area contributed by atoms with Crippen molar-refractivity contribution in [1.29, 1.82) is 0 Å². The molecule has 2 aliphatic heterocycles. The zero-order valence-corrected chi connectivity index (χ0v) is 37.9. The average Bonchev–Trinajstić information content (AvgIpc) is 4.02. The van der Waals surface area contributed by atoms with E-state index in [4.69, 9.17) is 12.6 Å². The van der Waals surface area contributed by atoms with Crippen molar-refractivity contribution in [3.63, 3.8) is 0 Å². The average molecular weight is 911 g/mol. The van der Waals surface area contributed by atoms with E-state index >= 15 is 0 Å². The van der Waals surface area contributed by atoms with E-state index in [1.807, 2.05) is 0 Å². The maximum absolute atomic E-state index is 9.22. The second kappa shape index (κ2) is 30.7. The summed E-state index contributed by atoms with van der Waals surface area (Å²) in [6, 6.07) is 64.3. The van der Waals surface area contributed by atoms with E-state index in [1.165, 1.54) is 81.2 Å². The topological polar surface area (TPSA) is 133 Å². The highest BCUT2D eigenvalue weighted by Gasteiger charge is 2.28. The molecule has 0 atom stereocenters. The summed E-state index contributed by atoms with van der Waals surface area (Å²) in [6.45, 7) is 5.14. The first kappa shape index (κ1) is 51.9. The Kier molecular flexibility index (Phi) is 26.5. The van der Waals surface area contributed by atoms with E-state index in [0.717, 1.165) is 7.11 Å². The molecular weight excluding hydrogens is 856 g/mol. The van der Waals surface area contributed by atoms with Crippen molar-refractivity contribution in [2.24, 2.45) is 0 Å². The van der Waals surface area contributed by atoms with Crippen LogP contribution >= 0.6 is 12.4 Å². The highest BCUT2D eigenvalue weighted by Crippen LogP contribution is 2.31. The van der Waals surface area contributed by atoms with Crippen molar-refractivity contribution in [1.82, 2.24) is 10.2 Å². The van der Waals surface area contributed by atoms with Gasteiger partial charge < -0.3 is 14.8 Å². The van der Waals surface area contributed by atoms with Gasteiger partial charge in [0.2, 0.25) is 10.4 Å². The number of halogens is 1. The lowest BCUT2D eigenvalue weighted by Gasteiger charge is -2.07. The van der Waals surface area contributed by atoms with Crippen LogP contribution in [0.4, 0.5) is 0 Å². The number of hydrogen-bond donors (Lipinski definition) is 1. The highest BCUT2D eigenvalue weighted by atomic mass is 35.5. The van der Waals surface area contributed by atoms with Gasteiger partial charge in [-0.1, -0.05) is 109 Å². The Bertz CT molecular complexity index is 1870. The molecule has 2 saturated heterocycles. The Morgan fingerprint density at radius 1 is 0.500 bits per heavy atom. The third-order valence-corrected chi connectivity index (χ3v) is 13.2. The van der Waals surface area contributed by atoms with Gasteiger partial charge in [-0.05, 0) is 132 Å². The molecule has 1 N–H and O–H groups in total. The molecule has 0 radical (unpaired) electrons. The molecule has 0 aromatic heterocycles. The van der Waals surface area contributed by atoms with Gasteiger partial charge in [0.15, 0.2) is 29.4 Å². The smallest absolute Gasteiger partial charge is 0.425 e. The molecule has 0 amide bonds. The van der Waals surface area contributed by atoms with Crippen molar-refractivity contribution in [2.45, 2.75) is 55.1 Å². The Morgan fingerprint density at radius 3 is 0.817 bits per heavy atom. The first-order chi connectivity index (χ1) is 28.6. The number of nitrogens with zero attached hydrogens (tertiary/aromatic N) is 1. The first-order valence-corrected chi connectivity index (χ1v) is 23.8. The summed E-state index contributed by atoms with van der Waals surface area (Å²) in [5, 5.41) is 3.22. The Balaban J connectivity index is 0.000000279. The van der Waals surface area contributed by atoms with Crippen molar-refractivity contribution in [3.8, 4) is 0 Å². The normalized spacial score (nSPS) is 12.8. The van der Waals surface area contributed by atoms with Gasteiger partial charge in [-0.3, -0.25) is 4.18 Å². The van der Waals surface area contributed by atoms with Crippen LogP contribution < -0.4 is 5.32 Å². The summed E-state index contributed by atoms with van der Waals surface area (Å²) < 4.78 is 56.4. The molecule has 320 valence electrons. The van der Waals surface area contributed by atoms with Gasteiger partial charge in [0.25, 0.3) is 0 Å². The maximum Gasteiger partial charge on any atom is 0.425 e. The molecule has 60 heavy (non-hydrogen) atoms. The molecule has 0 bridgehead atoms. The van der Waals surface area contributed by atoms with Crippen molar-refractivity contribution in [3.05, 3.63) is 182 Å². The molecule has 8 rings (SSSR count). The number of rotatable bonds is 7. The van der Waals surface area contributed by atoms with E-state index in [-0.39, 0.29) is 34.2 Å². The van der Waals surface area contributed by atoms with E-state index in [1.54, 1.807) is 0 Å². The maximum atomic E-state index is 9.22. The zero-order chi connectivity index (χ0) is 42.6. The Labute approximate surface area is 370 Å². The highest BCUT2D eigenvalue weighted by molar-refractivity contribution is 7.97. The lowest BCUT2D eigenvalue weighted by molar-refractivity contribution is 0.314. The SMILES string of the molecule is C1CCNC1.CN1CCCC1.COS(=O)(=O)[O-].Cl.O=S(=O)=O.c1ccc([S+](c2ccccc2)c2ccccc2)cc1.c1ccc([S+](c2ccccc2)c2ccccc2)cc1. The largest absolute Gasteiger partial charge is 0.726 e. The predicted molar refractivity (Wildman–Crippen MR) is 245 cm³/mol. The fourth-order valence-corrected chi connectivity index (χ4v) is 9.87. The summed E-state index contributed by atoms with van der Waals surface area (Å²) in [6.07, 6.45) is 5.60. The number of hydrogen-bond acceptors (Lipinski definition) is 9. The Hall–Kier alpha value is -4.28. The summed E-state index contributed by atoms with van der Waals surface area (Å²) in [4.78, 5) is 10.5. The van der Waals surface area contributed by atoms with Gasteiger partial charge in [-0.2, -0.15) is 0 Å². The summed E-state index contributed by atoms with van der Waals surface area (Å²) in [5.41, 5.74) is 0. The van der Waals surface area contributed by atoms with E-state index < -0.39 is 21.0 Å². The standard InChI is InChI=1S/2C18H15S.C5H11N.C4H9N.CH4O4S.ClH.O3S/c2*1-4-10-16(11-5-1)19(17-12-6-2-7-13-17)18-14-8-3-9-15-18;1-6-4-2-3-5-6;1-2-4-5-3-1;1-5-6(2,3)4;;1-4(2)3/h2*1-15H;2-5H2,1H3;5H,1-4H2;1H3,(H,2,3,4);1H;/q2*+1;;;;;/p-1. The van der Waals surface area contributed by atoms with Crippen molar-refractivity contribution >= 4 is 55.2 Å². The van der Waals surface area contributed by atoms with E-state index in [0.29, 0.717) is 0 Å². The van der Waals surface area contributed by atoms with Crippen LogP contribution in [0.15, 0.2) is 211 Å². The molecule has 14 heteroatoms. The van der Waals surface area contributed by atoms with Crippen LogP contribution in [0.25, 0.3) is 0 Å². The molecule has 2 fully saturated rings. The fraction of sp³-hybridized carbons (Fsp3) is 0.217. The second-order valence-electron chi connectivity index (χ2n) is 12.7. The summed E-state index contributed by atoms with van der Waals surface area (Å²) in [7, 11) is -4.57. The van der Waals surface area contributed by atoms with Crippen molar-refractivity contribution in [2.75, 3.05) is 40.3 Å². The number of benzene rings is 6. The van der Waals surface area contributed by atoms with Crippen LogP contribution in [0, 0.1) is 0 Å². The minimum Gasteiger partial charge on any atom is -0.726 e. The van der Waals surface area contributed by atoms with E-state index in [9.17, 15) is 13.0 Å². The molecule has 0 aliphatic carbocycles. The lowest BCUT2D eigenvalue weighted by atomic mass is 10.4. The molecule has 0 unspecified atom stereocenters. The van der Waals surface area contributed by atoms with Crippen LogP contribution in [0.1, 0.15) is 25.7 Å². The third kappa shape index (κ3) is 21.8. The second-order valence-corrected chi connectivity index (χ2v) is 18.3. The van der Waals surface area contributed by atoms with Gasteiger partial charge in [0.05, 0.1) is 28.9 Å². The fourth-order valence-electron chi connectivity index (χ4n) is 5.66. The molecule has 2 aliphatic rings. The molecule has 9 nitrogen and oxygen atoms in total. The minimum atomic E-state index is -4.41. The molecule has 6 aromatic rings. The summed E-state index contributed by atoms with van der Waals surface area (Å²) in [5.74, 6) is 0. The van der Waals surface area contributed by atoms with Gasteiger partial charge in [0, 0.05) is 0 Å². The quantitative estimate of drug-likeness (QED) is 0.0946. The third-order valence-electron chi connectivity index (χ3n) is 8.36. The van der Waals surface area contributed by atoms with Crippen LogP contribution in [0.5, 0.6) is 0 Å². The van der Waals surface area contributed by atoms with E-state index in [2.05, 4.69) is 203 Å². The molecular formula is C46H54ClN2O7S4+. The molecule has 0 spiro atoms. The van der Waals surface area contributed by atoms with Crippen LogP contribution in [-0.2, 0) is 47.0 Å². The summed E-state index contributed by atoms with van der Waals surface area (Å²) >= 11 is 0.